The zero-order chi connectivity index (χ0) is 20.6. The second-order valence-electron chi connectivity index (χ2n) is 6.43. The van der Waals surface area contributed by atoms with Gasteiger partial charge in [-0.15, -0.1) is 13.2 Å². The highest BCUT2D eigenvalue weighted by atomic mass is 35.5. The first-order chi connectivity index (χ1) is 13.8. The van der Waals surface area contributed by atoms with Gasteiger partial charge in [0.2, 0.25) is 0 Å². The number of rotatable bonds is 4. The van der Waals surface area contributed by atoms with Crippen LogP contribution in [0.3, 0.4) is 0 Å². The predicted octanol–water partition coefficient (Wildman–Crippen LogP) is 5.29. The first-order valence-electron chi connectivity index (χ1n) is 8.57. The van der Waals surface area contributed by atoms with Crippen LogP contribution in [0, 0.1) is 5.82 Å². The van der Waals surface area contributed by atoms with Crippen molar-refractivity contribution in [1.29, 1.82) is 0 Å². The van der Waals surface area contributed by atoms with Gasteiger partial charge in [0.05, 0.1) is 16.4 Å². The van der Waals surface area contributed by atoms with E-state index in [0.29, 0.717) is 23.5 Å². The Labute approximate surface area is 168 Å². The van der Waals surface area contributed by atoms with Crippen molar-refractivity contribution in [2.24, 2.45) is 4.99 Å². The van der Waals surface area contributed by atoms with E-state index in [2.05, 4.69) is 15.0 Å². The molecule has 1 atom stereocenters. The van der Waals surface area contributed by atoms with Crippen LogP contribution in [0.15, 0.2) is 71.6 Å². The van der Waals surface area contributed by atoms with Crippen LogP contribution in [0.2, 0.25) is 5.02 Å². The Hall–Kier alpha value is -3.00. The molecule has 9 heteroatoms. The normalized spacial score (nSPS) is 18.1. The van der Waals surface area contributed by atoms with E-state index in [9.17, 15) is 17.6 Å². The summed E-state index contributed by atoms with van der Waals surface area (Å²) in [5, 5.41) is 3.18. The van der Waals surface area contributed by atoms with Crippen LogP contribution in [0.4, 0.5) is 17.6 Å². The van der Waals surface area contributed by atoms with Gasteiger partial charge in [-0.1, -0.05) is 35.9 Å². The number of hydrogen-bond donors (Lipinski definition) is 1. The number of nitrogens with one attached hydrogen (secondary N) is 1. The van der Waals surface area contributed by atoms with E-state index in [0.717, 1.165) is 5.56 Å². The van der Waals surface area contributed by atoms with Crippen LogP contribution in [0.5, 0.6) is 5.75 Å². The molecule has 1 unspecified atom stereocenters. The minimum Gasteiger partial charge on any atom is -0.406 e. The Morgan fingerprint density at radius 1 is 1.14 bits per heavy atom. The Kier molecular flexibility index (Phi) is 4.96. The van der Waals surface area contributed by atoms with Crippen molar-refractivity contribution in [2.75, 3.05) is 0 Å². The second kappa shape index (κ2) is 7.44. The highest BCUT2D eigenvalue weighted by Crippen LogP contribution is 2.30. The molecule has 1 N–H and O–H groups in total. The van der Waals surface area contributed by atoms with Crippen LogP contribution in [-0.2, 0) is 6.54 Å². The van der Waals surface area contributed by atoms with Gasteiger partial charge in [-0.2, -0.15) is 0 Å². The number of hydrogen-bond acceptors (Lipinski definition) is 4. The molecule has 2 aliphatic heterocycles. The maximum absolute atomic E-state index is 14.3. The lowest BCUT2D eigenvalue weighted by molar-refractivity contribution is -0.274. The molecule has 0 amide bonds. The van der Waals surface area contributed by atoms with Gasteiger partial charge in [0.25, 0.3) is 0 Å². The van der Waals surface area contributed by atoms with Gasteiger partial charge >= 0.3 is 6.36 Å². The molecule has 0 aliphatic carbocycles. The molecule has 0 saturated carbocycles. The van der Waals surface area contributed by atoms with Gasteiger partial charge in [0, 0.05) is 24.5 Å². The standard InChI is InChI=1S/C20H14ClF4N3O/c21-15-3-1-2-14(18(15)22)19-26-16-8-9-28(11-17(16)27-19)10-12-4-6-13(7-5-12)29-20(23,24)25/h1-9,11,19,27H,10H2. The number of fused-ring (bicyclic) bond motifs is 1. The maximum Gasteiger partial charge on any atom is 0.573 e. The highest BCUT2D eigenvalue weighted by Gasteiger charge is 2.31. The Balaban J connectivity index is 1.45. The van der Waals surface area contributed by atoms with E-state index in [1.54, 1.807) is 42.7 Å². The average molecular weight is 424 g/mol. The first kappa shape index (κ1) is 19.3. The first-order valence-corrected chi connectivity index (χ1v) is 8.95. The Morgan fingerprint density at radius 3 is 2.62 bits per heavy atom. The summed E-state index contributed by atoms with van der Waals surface area (Å²) >= 11 is 5.85. The van der Waals surface area contributed by atoms with Gasteiger partial charge in [-0.05, 0) is 29.8 Å². The lowest BCUT2D eigenvalue weighted by Gasteiger charge is -2.21. The third kappa shape index (κ3) is 4.37. The van der Waals surface area contributed by atoms with Crippen LogP contribution in [0.25, 0.3) is 0 Å². The van der Waals surface area contributed by atoms with Crippen molar-refractivity contribution < 1.29 is 22.3 Å². The number of benzene rings is 2. The minimum atomic E-state index is -4.72. The summed E-state index contributed by atoms with van der Waals surface area (Å²) in [6.45, 7) is 0.428. The smallest absolute Gasteiger partial charge is 0.406 e. The fourth-order valence-corrected chi connectivity index (χ4v) is 3.24. The van der Waals surface area contributed by atoms with Gasteiger partial charge < -0.3 is 15.0 Å². The average Bonchev–Trinajstić information content (AvgIpc) is 3.07. The molecule has 2 heterocycles. The largest absolute Gasteiger partial charge is 0.573 e. The molecule has 29 heavy (non-hydrogen) atoms. The molecule has 150 valence electrons. The van der Waals surface area contributed by atoms with Crippen molar-refractivity contribution in [3.8, 4) is 5.75 Å². The van der Waals surface area contributed by atoms with E-state index >= 15 is 0 Å². The maximum atomic E-state index is 14.3. The van der Waals surface area contributed by atoms with Crippen LogP contribution in [-0.4, -0.2) is 17.0 Å². The number of aliphatic imine (C=N–C) groups is 1. The van der Waals surface area contributed by atoms with Crippen LogP contribution >= 0.6 is 11.6 Å². The fourth-order valence-electron chi connectivity index (χ4n) is 3.06. The molecule has 2 aromatic rings. The van der Waals surface area contributed by atoms with E-state index in [1.807, 2.05) is 4.90 Å². The van der Waals surface area contributed by atoms with Crippen LogP contribution < -0.4 is 10.1 Å². The van der Waals surface area contributed by atoms with Gasteiger partial charge in [0.1, 0.15) is 17.7 Å². The summed E-state index contributed by atoms with van der Waals surface area (Å²) in [6.07, 6.45) is 0.0804. The Bertz CT molecular complexity index is 1020. The summed E-state index contributed by atoms with van der Waals surface area (Å²) in [6, 6.07) is 10.4. The van der Waals surface area contributed by atoms with Crippen molar-refractivity contribution >= 4 is 17.3 Å². The molecule has 4 nitrogen and oxygen atoms in total. The Morgan fingerprint density at radius 2 is 1.90 bits per heavy atom. The van der Waals surface area contributed by atoms with E-state index in [1.165, 1.54) is 18.2 Å². The quantitative estimate of drug-likeness (QED) is 0.679. The molecule has 0 saturated heterocycles. The molecule has 0 aromatic heterocycles. The molecular weight excluding hydrogens is 410 g/mol. The molecule has 4 rings (SSSR count). The second-order valence-corrected chi connectivity index (χ2v) is 6.83. The lowest BCUT2D eigenvalue weighted by atomic mass is 10.1. The number of nitrogens with zero attached hydrogens (tertiary/aromatic N) is 2. The van der Waals surface area contributed by atoms with E-state index in [4.69, 9.17) is 11.6 Å². The summed E-state index contributed by atoms with van der Waals surface area (Å²) < 4.78 is 54.9. The zero-order valence-electron chi connectivity index (χ0n) is 14.8. The molecule has 2 aromatic carbocycles. The topological polar surface area (TPSA) is 36.9 Å². The summed E-state index contributed by atoms with van der Waals surface area (Å²) in [5.74, 6) is -0.788. The molecular formula is C20H14ClF4N3O. The van der Waals surface area contributed by atoms with Gasteiger partial charge in [-0.3, -0.25) is 4.99 Å². The molecule has 2 aliphatic rings. The summed E-state index contributed by atoms with van der Waals surface area (Å²) in [4.78, 5) is 6.32. The van der Waals surface area contributed by atoms with Crippen LogP contribution in [0.1, 0.15) is 17.3 Å². The number of halogens is 5. The van der Waals surface area contributed by atoms with E-state index < -0.39 is 18.3 Å². The van der Waals surface area contributed by atoms with Crippen molar-refractivity contribution in [2.45, 2.75) is 19.1 Å². The van der Waals surface area contributed by atoms with E-state index in [-0.39, 0.29) is 10.8 Å². The number of ether oxygens (including phenoxy) is 1. The predicted molar refractivity (Wildman–Crippen MR) is 101 cm³/mol. The van der Waals surface area contributed by atoms with Crippen molar-refractivity contribution in [3.63, 3.8) is 0 Å². The number of alkyl halides is 3. The zero-order valence-corrected chi connectivity index (χ0v) is 15.5. The highest BCUT2D eigenvalue weighted by molar-refractivity contribution is 6.30. The molecule has 0 spiro atoms. The third-order valence-electron chi connectivity index (χ3n) is 4.35. The number of allylic oxidation sites excluding steroid dienone is 1. The summed E-state index contributed by atoms with van der Waals surface area (Å²) in [5.41, 5.74) is 2.53. The SMILES string of the molecule is Fc1c(Cl)cccc1C1N=C2C=CN(Cc3ccc(OC(F)(F)F)cc3)C=C2N1. The lowest BCUT2D eigenvalue weighted by Crippen LogP contribution is -2.22. The molecule has 0 fully saturated rings. The fraction of sp³-hybridized carbons (Fsp3) is 0.150. The van der Waals surface area contributed by atoms with Gasteiger partial charge in [0.15, 0.2) is 0 Å². The third-order valence-corrected chi connectivity index (χ3v) is 4.65. The molecule has 0 radical (unpaired) electrons. The van der Waals surface area contributed by atoms with Crippen molar-refractivity contribution in [1.82, 2.24) is 10.2 Å². The van der Waals surface area contributed by atoms with Gasteiger partial charge in [-0.25, -0.2) is 4.39 Å². The molecule has 0 bridgehead atoms. The summed E-state index contributed by atoms with van der Waals surface area (Å²) in [7, 11) is 0. The van der Waals surface area contributed by atoms with Crippen molar-refractivity contribution in [3.05, 3.63) is 88.6 Å². The minimum absolute atomic E-state index is 0.0310. The monoisotopic (exact) mass is 423 g/mol.